The van der Waals surface area contributed by atoms with Gasteiger partial charge in [0, 0.05) is 23.4 Å². The molecule has 3 atom stereocenters. The Bertz CT molecular complexity index is 474. The summed E-state index contributed by atoms with van der Waals surface area (Å²) in [6, 6.07) is 2.32. The Morgan fingerprint density at radius 2 is 2.35 bits per heavy atom. The van der Waals surface area contributed by atoms with E-state index in [1.54, 1.807) is 11.3 Å². The number of hydrogen-bond donors (Lipinski definition) is 2. The van der Waals surface area contributed by atoms with Gasteiger partial charge in [-0.05, 0) is 49.6 Å². The van der Waals surface area contributed by atoms with Crippen LogP contribution >= 0.6 is 11.3 Å². The lowest BCUT2D eigenvalue weighted by atomic mass is 9.82. The van der Waals surface area contributed by atoms with Gasteiger partial charge in [-0.1, -0.05) is 0 Å². The van der Waals surface area contributed by atoms with Crippen molar-refractivity contribution in [3.05, 3.63) is 21.9 Å². The zero-order valence-corrected chi connectivity index (χ0v) is 12.7. The minimum atomic E-state index is -0.0460. The van der Waals surface area contributed by atoms with Crippen LogP contribution in [0.1, 0.15) is 36.1 Å². The highest BCUT2D eigenvalue weighted by molar-refractivity contribution is 7.10. The number of hydrogen-bond acceptors (Lipinski definition) is 3. The van der Waals surface area contributed by atoms with E-state index >= 15 is 0 Å². The summed E-state index contributed by atoms with van der Waals surface area (Å²) in [5.41, 5.74) is 1.25. The average Bonchev–Trinajstić information content (AvgIpc) is 3.06. The molecule has 5 heteroatoms. The smallest absolute Gasteiger partial charge is 0.315 e. The van der Waals surface area contributed by atoms with Crippen LogP contribution in [0.2, 0.25) is 0 Å². The van der Waals surface area contributed by atoms with Gasteiger partial charge in [0.15, 0.2) is 0 Å². The van der Waals surface area contributed by atoms with Crippen molar-refractivity contribution in [3.63, 3.8) is 0 Å². The average molecular weight is 294 g/mol. The maximum Gasteiger partial charge on any atom is 0.315 e. The molecule has 1 saturated heterocycles. The van der Waals surface area contributed by atoms with Gasteiger partial charge in [-0.3, -0.25) is 0 Å². The molecule has 1 saturated carbocycles. The Morgan fingerprint density at radius 3 is 3.15 bits per heavy atom. The molecule has 2 fully saturated rings. The fourth-order valence-corrected chi connectivity index (χ4v) is 4.17. The number of carbonyl (C=O) groups is 1. The highest BCUT2D eigenvalue weighted by atomic mass is 32.1. The van der Waals surface area contributed by atoms with Crippen LogP contribution in [0.15, 0.2) is 11.4 Å². The SMILES string of the molecule is Cc1ccsc1CNC(=O)N[C@@H]1CCC[C@H]2OCC[C@@H]12. The molecule has 3 rings (SSSR count). The molecule has 0 radical (unpaired) electrons. The second-order valence-electron chi connectivity index (χ2n) is 5.75. The molecular weight excluding hydrogens is 272 g/mol. The van der Waals surface area contributed by atoms with Crippen LogP contribution in [-0.2, 0) is 11.3 Å². The summed E-state index contributed by atoms with van der Waals surface area (Å²) < 4.78 is 5.73. The highest BCUT2D eigenvalue weighted by Gasteiger charge is 2.38. The molecule has 1 aliphatic carbocycles. The van der Waals surface area contributed by atoms with Crippen molar-refractivity contribution in [2.45, 2.75) is 51.3 Å². The predicted molar refractivity (Wildman–Crippen MR) is 79.9 cm³/mol. The molecule has 0 unspecified atom stereocenters. The fourth-order valence-electron chi connectivity index (χ4n) is 3.32. The number of carbonyl (C=O) groups excluding carboxylic acids is 1. The Morgan fingerprint density at radius 1 is 1.45 bits per heavy atom. The Balaban J connectivity index is 1.50. The third-order valence-corrected chi connectivity index (χ3v) is 5.50. The van der Waals surface area contributed by atoms with E-state index in [0.29, 0.717) is 18.6 Å². The summed E-state index contributed by atoms with van der Waals surface area (Å²) in [4.78, 5) is 13.3. The number of nitrogens with one attached hydrogen (secondary N) is 2. The maximum atomic E-state index is 12.0. The Kier molecular flexibility index (Phi) is 4.27. The van der Waals surface area contributed by atoms with Gasteiger partial charge in [-0.15, -0.1) is 11.3 Å². The molecule has 1 aliphatic heterocycles. The quantitative estimate of drug-likeness (QED) is 0.900. The largest absolute Gasteiger partial charge is 0.378 e. The molecule has 2 aliphatic rings. The topological polar surface area (TPSA) is 50.4 Å². The monoisotopic (exact) mass is 294 g/mol. The van der Waals surface area contributed by atoms with Gasteiger partial charge in [0.05, 0.1) is 12.6 Å². The number of amides is 2. The van der Waals surface area contributed by atoms with Crippen LogP contribution in [-0.4, -0.2) is 24.8 Å². The first kappa shape index (κ1) is 13.9. The van der Waals surface area contributed by atoms with Gasteiger partial charge in [0.2, 0.25) is 0 Å². The second kappa shape index (κ2) is 6.14. The molecule has 4 nitrogen and oxygen atoms in total. The number of urea groups is 1. The van der Waals surface area contributed by atoms with Crippen molar-refractivity contribution < 1.29 is 9.53 Å². The van der Waals surface area contributed by atoms with Crippen LogP contribution in [0.3, 0.4) is 0 Å². The van der Waals surface area contributed by atoms with E-state index in [2.05, 4.69) is 29.0 Å². The van der Waals surface area contributed by atoms with Crippen LogP contribution in [0.4, 0.5) is 4.79 Å². The summed E-state index contributed by atoms with van der Waals surface area (Å²) >= 11 is 1.69. The second-order valence-corrected chi connectivity index (χ2v) is 6.75. The van der Waals surface area contributed by atoms with Gasteiger partial charge in [-0.25, -0.2) is 4.79 Å². The summed E-state index contributed by atoms with van der Waals surface area (Å²) in [7, 11) is 0. The molecule has 2 N–H and O–H groups in total. The van der Waals surface area contributed by atoms with E-state index < -0.39 is 0 Å². The lowest BCUT2D eigenvalue weighted by molar-refractivity contribution is 0.0549. The molecule has 110 valence electrons. The molecule has 20 heavy (non-hydrogen) atoms. The van der Waals surface area contributed by atoms with Gasteiger partial charge in [0.25, 0.3) is 0 Å². The summed E-state index contributed by atoms with van der Waals surface area (Å²) in [6.45, 7) is 3.54. The molecule has 2 amide bonds. The van der Waals surface area contributed by atoms with Crippen molar-refractivity contribution in [2.75, 3.05) is 6.61 Å². The van der Waals surface area contributed by atoms with Crippen molar-refractivity contribution >= 4 is 17.4 Å². The van der Waals surface area contributed by atoms with Crippen molar-refractivity contribution in [1.29, 1.82) is 0 Å². The Hall–Kier alpha value is -1.07. The zero-order valence-electron chi connectivity index (χ0n) is 11.9. The first-order valence-corrected chi connectivity index (χ1v) is 8.31. The fraction of sp³-hybridized carbons (Fsp3) is 0.667. The molecule has 2 heterocycles. The molecule has 0 spiro atoms. The zero-order chi connectivity index (χ0) is 13.9. The maximum absolute atomic E-state index is 12.0. The highest BCUT2D eigenvalue weighted by Crippen LogP contribution is 2.34. The summed E-state index contributed by atoms with van der Waals surface area (Å²) in [5, 5.41) is 8.18. The predicted octanol–water partition coefficient (Wildman–Crippen LogP) is 2.81. The van der Waals surface area contributed by atoms with Gasteiger partial charge in [-0.2, -0.15) is 0 Å². The lowest BCUT2D eigenvalue weighted by Gasteiger charge is -2.33. The van der Waals surface area contributed by atoms with Crippen molar-refractivity contribution in [1.82, 2.24) is 10.6 Å². The third kappa shape index (κ3) is 2.99. The molecule has 0 bridgehead atoms. The van der Waals surface area contributed by atoms with Crippen molar-refractivity contribution in [2.24, 2.45) is 5.92 Å². The molecule has 1 aromatic heterocycles. The number of ether oxygens (including phenoxy) is 1. The van der Waals surface area contributed by atoms with E-state index in [0.717, 1.165) is 32.3 Å². The minimum Gasteiger partial charge on any atom is -0.378 e. The first-order chi connectivity index (χ1) is 9.74. The van der Waals surface area contributed by atoms with Gasteiger partial charge < -0.3 is 15.4 Å². The number of fused-ring (bicyclic) bond motifs is 1. The third-order valence-electron chi connectivity index (χ3n) is 4.48. The molecular formula is C15H22N2O2S. The summed E-state index contributed by atoms with van der Waals surface area (Å²) in [5.74, 6) is 0.512. The van der Waals surface area contributed by atoms with Crippen molar-refractivity contribution in [3.8, 4) is 0 Å². The van der Waals surface area contributed by atoms with Crippen LogP contribution in [0.25, 0.3) is 0 Å². The van der Waals surface area contributed by atoms with E-state index in [9.17, 15) is 4.79 Å². The summed E-state index contributed by atoms with van der Waals surface area (Å²) in [6.07, 6.45) is 4.83. The lowest BCUT2D eigenvalue weighted by Crippen LogP contribution is -2.49. The minimum absolute atomic E-state index is 0.0460. The van der Waals surface area contributed by atoms with Gasteiger partial charge >= 0.3 is 6.03 Å². The van der Waals surface area contributed by atoms with Crippen LogP contribution < -0.4 is 10.6 Å². The van der Waals surface area contributed by atoms with Gasteiger partial charge in [0.1, 0.15) is 0 Å². The standard InChI is InChI=1S/C15H22N2O2S/c1-10-6-8-20-14(10)9-16-15(18)17-12-3-2-4-13-11(12)5-7-19-13/h6,8,11-13H,2-5,7,9H2,1H3,(H2,16,17,18)/t11-,12+,13+/m0/s1. The number of thiophene rings is 1. The number of aryl methyl sites for hydroxylation is 1. The Labute approximate surface area is 123 Å². The number of rotatable bonds is 3. The van der Waals surface area contributed by atoms with Crippen LogP contribution in [0, 0.1) is 12.8 Å². The first-order valence-electron chi connectivity index (χ1n) is 7.43. The van der Waals surface area contributed by atoms with E-state index in [1.165, 1.54) is 10.4 Å². The van der Waals surface area contributed by atoms with E-state index in [4.69, 9.17) is 4.74 Å². The normalized spacial score (nSPS) is 28.9. The van der Waals surface area contributed by atoms with E-state index in [1.807, 2.05) is 0 Å². The molecule has 0 aromatic carbocycles. The van der Waals surface area contributed by atoms with E-state index in [-0.39, 0.29) is 12.1 Å². The molecule has 1 aromatic rings. The van der Waals surface area contributed by atoms with Crippen LogP contribution in [0.5, 0.6) is 0 Å².